The van der Waals surface area contributed by atoms with Crippen molar-refractivity contribution in [2.45, 2.75) is 32.0 Å². The SMILES string of the molecule is CCc1nnc(SCC(=O)Nc2ccc(F)c(Cl)c2)n1CC. The minimum absolute atomic E-state index is 0.0243. The van der Waals surface area contributed by atoms with Crippen LogP contribution in [0.5, 0.6) is 0 Å². The Labute approximate surface area is 137 Å². The molecule has 0 aliphatic carbocycles. The maximum atomic E-state index is 13.1. The second kappa shape index (κ2) is 7.60. The van der Waals surface area contributed by atoms with Gasteiger partial charge in [-0.2, -0.15) is 0 Å². The highest BCUT2D eigenvalue weighted by molar-refractivity contribution is 7.99. The van der Waals surface area contributed by atoms with Gasteiger partial charge in [0.15, 0.2) is 5.16 Å². The van der Waals surface area contributed by atoms with Crippen molar-refractivity contribution in [2.24, 2.45) is 0 Å². The standard InChI is InChI=1S/C14H16ClFN4OS/c1-3-12-18-19-14(20(12)4-2)22-8-13(21)17-9-5-6-11(16)10(15)7-9/h5-7H,3-4,8H2,1-2H3,(H,17,21). The van der Waals surface area contributed by atoms with Gasteiger partial charge in [-0.1, -0.05) is 30.3 Å². The van der Waals surface area contributed by atoms with Gasteiger partial charge in [-0.3, -0.25) is 4.79 Å². The van der Waals surface area contributed by atoms with E-state index in [0.29, 0.717) is 10.8 Å². The topological polar surface area (TPSA) is 59.8 Å². The zero-order valence-corrected chi connectivity index (χ0v) is 13.8. The molecule has 1 amide bonds. The number of carbonyl (C=O) groups is 1. The van der Waals surface area contributed by atoms with Crippen LogP contribution >= 0.6 is 23.4 Å². The number of nitrogens with one attached hydrogen (secondary N) is 1. The van der Waals surface area contributed by atoms with E-state index in [1.165, 1.54) is 30.0 Å². The first-order valence-electron chi connectivity index (χ1n) is 6.84. The van der Waals surface area contributed by atoms with E-state index in [1.54, 1.807) is 0 Å². The summed E-state index contributed by atoms with van der Waals surface area (Å²) >= 11 is 6.99. The van der Waals surface area contributed by atoms with E-state index < -0.39 is 5.82 Å². The molecule has 0 bridgehead atoms. The van der Waals surface area contributed by atoms with Crippen molar-refractivity contribution < 1.29 is 9.18 Å². The van der Waals surface area contributed by atoms with Crippen LogP contribution in [0.2, 0.25) is 5.02 Å². The van der Waals surface area contributed by atoms with Gasteiger partial charge in [0, 0.05) is 18.7 Å². The normalized spacial score (nSPS) is 10.7. The fourth-order valence-electron chi connectivity index (χ4n) is 1.91. The smallest absolute Gasteiger partial charge is 0.234 e. The summed E-state index contributed by atoms with van der Waals surface area (Å²) in [6.07, 6.45) is 0.793. The highest BCUT2D eigenvalue weighted by Gasteiger charge is 2.12. The van der Waals surface area contributed by atoms with Crippen molar-refractivity contribution in [3.8, 4) is 0 Å². The molecule has 0 aliphatic heterocycles. The molecule has 0 aliphatic rings. The fraction of sp³-hybridized carbons (Fsp3) is 0.357. The number of benzene rings is 1. The highest BCUT2D eigenvalue weighted by Crippen LogP contribution is 2.21. The summed E-state index contributed by atoms with van der Waals surface area (Å²) in [6, 6.07) is 4.06. The van der Waals surface area contributed by atoms with Crippen LogP contribution < -0.4 is 5.32 Å². The van der Waals surface area contributed by atoms with Gasteiger partial charge in [-0.25, -0.2) is 4.39 Å². The zero-order chi connectivity index (χ0) is 16.1. The molecule has 2 rings (SSSR count). The van der Waals surface area contributed by atoms with Crippen molar-refractivity contribution in [3.63, 3.8) is 0 Å². The third-order valence-corrected chi connectivity index (χ3v) is 4.22. The van der Waals surface area contributed by atoms with E-state index in [-0.39, 0.29) is 16.7 Å². The number of carbonyl (C=O) groups excluding carboxylic acids is 1. The predicted molar refractivity (Wildman–Crippen MR) is 85.8 cm³/mol. The van der Waals surface area contributed by atoms with Crippen LogP contribution in [0.25, 0.3) is 0 Å². The molecule has 0 radical (unpaired) electrons. The Morgan fingerprint density at radius 1 is 1.41 bits per heavy atom. The maximum Gasteiger partial charge on any atom is 0.234 e. The largest absolute Gasteiger partial charge is 0.325 e. The Hall–Kier alpha value is -1.60. The van der Waals surface area contributed by atoms with Gasteiger partial charge in [0.2, 0.25) is 5.91 Å². The molecule has 118 valence electrons. The Bertz CT molecular complexity index is 677. The van der Waals surface area contributed by atoms with E-state index in [0.717, 1.165) is 18.8 Å². The highest BCUT2D eigenvalue weighted by atomic mass is 35.5. The lowest BCUT2D eigenvalue weighted by molar-refractivity contribution is -0.113. The monoisotopic (exact) mass is 342 g/mol. The average molecular weight is 343 g/mol. The van der Waals surface area contributed by atoms with E-state index in [4.69, 9.17) is 11.6 Å². The first kappa shape index (κ1) is 16.8. The molecule has 0 saturated carbocycles. The summed E-state index contributed by atoms with van der Waals surface area (Å²) in [6.45, 7) is 4.77. The number of nitrogens with zero attached hydrogens (tertiary/aromatic N) is 3. The average Bonchev–Trinajstić information content (AvgIpc) is 2.91. The first-order chi connectivity index (χ1) is 10.5. The van der Waals surface area contributed by atoms with Crippen molar-refractivity contribution in [1.29, 1.82) is 0 Å². The molecule has 1 heterocycles. The fourth-order valence-corrected chi connectivity index (χ4v) is 2.91. The molecule has 0 unspecified atom stereocenters. The number of halogens is 2. The third-order valence-electron chi connectivity index (χ3n) is 2.96. The van der Waals surface area contributed by atoms with Crippen molar-refractivity contribution in [2.75, 3.05) is 11.1 Å². The van der Waals surface area contributed by atoms with Crippen molar-refractivity contribution >= 4 is 35.0 Å². The van der Waals surface area contributed by atoms with Crippen LogP contribution in [0, 0.1) is 5.82 Å². The second-order valence-corrected chi connectivity index (χ2v) is 5.81. The number of rotatable bonds is 6. The summed E-state index contributed by atoms with van der Waals surface area (Å²) in [5.41, 5.74) is 0.461. The number of amides is 1. The molecular weight excluding hydrogens is 327 g/mol. The zero-order valence-electron chi connectivity index (χ0n) is 12.3. The lowest BCUT2D eigenvalue weighted by atomic mass is 10.3. The van der Waals surface area contributed by atoms with Gasteiger partial charge >= 0.3 is 0 Å². The van der Waals surface area contributed by atoms with E-state index >= 15 is 0 Å². The van der Waals surface area contributed by atoms with Crippen LogP contribution in [0.1, 0.15) is 19.7 Å². The van der Waals surface area contributed by atoms with Gasteiger partial charge in [-0.05, 0) is 25.1 Å². The summed E-state index contributed by atoms with van der Waals surface area (Å²) in [5, 5.41) is 11.5. The number of hydrogen-bond donors (Lipinski definition) is 1. The molecule has 1 aromatic carbocycles. The lowest BCUT2D eigenvalue weighted by Crippen LogP contribution is -2.14. The van der Waals surface area contributed by atoms with Gasteiger partial charge in [0.1, 0.15) is 11.6 Å². The molecule has 1 N–H and O–H groups in total. The lowest BCUT2D eigenvalue weighted by Gasteiger charge is -2.07. The summed E-state index contributed by atoms with van der Waals surface area (Å²) in [4.78, 5) is 11.9. The molecule has 22 heavy (non-hydrogen) atoms. The molecule has 0 fully saturated rings. The van der Waals surface area contributed by atoms with E-state index in [2.05, 4.69) is 15.5 Å². The summed E-state index contributed by atoms with van der Waals surface area (Å²) in [5.74, 6) is 0.362. The van der Waals surface area contributed by atoms with Crippen LogP contribution in [0.4, 0.5) is 10.1 Å². The van der Waals surface area contributed by atoms with Crippen molar-refractivity contribution in [3.05, 3.63) is 34.9 Å². The molecule has 0 spiro atoms. The maximum absolute atomic E-state index is 13.1. The first-order valence-corrected chi connectivity index (χ1v) is 8.21. The Morgan fingerprint density at radius 3 is 2.82 bits per heavy atom. The van der Waals surface area contributed by atoms with E-state index in [1.807, 2.05) is 18.4 Å². The minimum atomic E-state index is -0.516. The Balaban J connectivity index is 1.95. The second-order valence-electron chi connectivity index (χ2n) is 4.46. The van der Waals surface area contributed by atoms with Gasteiger partial charge in [0.25, 0.3) is 0 Å². The molecule has 0 saturated heterocycles. The molecular formula is C14H16ClFN4OS. The van der Waals surface area contributed by atoms with Crippen LogP contribution in [0.15, 0.2) is 23.4 Å². The molecule has 0 atom stereocenters. The number of anilines is 1. The van der Waals surface area contributed by atoms with Gasteiger partial charge < -0.3 is 9.88 Å². The summed E-state index contributed by atoms with van der Waals surface area (Å²) in [7, 11) is 0. The molecule has 5 nitrogen and oxygen atoms in total. The molecule has 8 heteroatoms. The summed E-state index contributed by atoms with van der Waals surface area (Å²) < 4.78 is 15.0. The van der Waals surface area contributed by atoms with Crippen LogP contribution in [-0.4, -0.2) is 26.4 Å². The van der Waals surface area contributed by atoms with Gasteiger partial charge in [-0.15, -0.1) is 10.2 Å². The van der Waals surface area contributed by atoms with E-state index in [9.17, 15) is 9.18 Å². The predicted octanol–water partition coefficient (Wildman–Crippen LogP) is 3.38. The van der Waals surface area contributed by atoms with Gasteiger partial charge in [0.05, 0.1) is 10.8 Å². The Morgan fingerprint density at radius 2 is 2.18 bits per heavy atom. The minimum Gasteiger partial charge on any atom is -0.325 e. The molecule has 2 aromatic rings. The van der Waals surface area contributed by atoms with Crippen LogP contribution in [-0.2, 0) is 17.8 Å². The number of thioether (sulfide) groups is 1. The Kier molecular flexibility index (Phi) is 5.79. The van der Waals surface area contributed by atoms with Crippen LogP contribution in [0.3, 0.4) is 0 Å². The quantitative estimate of drug-likeness (QED) is 0.817. The number of hydrogen-bond acceptors (Lipinski definition) is 4. The third kappa shape index (κ3) is 3.98. The number of aryl methyl sites for hydroxylation is 1. The number of aromatic nitrogens is 3. The molecule has 1 aromatic heterocycles. The van der Waals surface area contributed by atoms with Crippen molar-refractivity contribution in [1.82, 2.24) is 14.8 Å².